The van der Waals surface area contributed by atoms with Crippen molar-refractivity contribution in [3.63, 3.8) is 0 Å². The Morgan fingerprint density at radius 1 is 1.00 bits per heavy atom. The summed E-state index contributed by atoms with van der Waals surface area (Å²) in [6.07, 6.45) is 5.24. The number of nitrogens with one attached hydrogen (secondary N) is 1. The molecular formula is C8H17N3. The number of rotatable bonds is 2. The molecule has 0 aromatic carbocycles. The molecule has 1 saturated heterocycles. The average Bonchev–Trinajstić information content (AvgIpc) is 2.78. The Bertz CT molecular complexity index is 125. The fraction of sp³-hybridized carbons (Fsp3) is 1.00. The number of piperidine rings is 1. The SMILES string of the molecule is NN1CCC(NC2CC2)CC1. The Morgan fingerprint density at radius 2 is 1.55 bits per heavy atom. The lowest BCUT2D eigenvalue weighted by Crippen LogP contribution is -2.45. The van der Waals surface area contributed by atoms with Crippen LogP contribution in [0.25, 0.3) is 0 Å². The zero-order valence-electron chi connectivity index (χ0n) is 6.92. The van der Waals surface area contributed by atoms with Crippen molar-refractivity contribution in [3.05, 3.63) is 0 Å². The van der Waals surface area contributed by atoms with Gasteiger partial charge in [-0.15, -0.1) is 0 Å². The van der Waals surface area contributed by atoms with Gasteiger partial charge in [0.05, 0.1) is 0 Å². The predicted octanol–water partition coefficient (Wildman–Crippen LogP) is 0.0765. The second-order valence-corrected chi connectivity index (χ2v) is 3.75. The molecule has 3 nitrogen and oxygen atoms in total. The highest BCUT2D eigenvalue weighted by Gasteiger charge is 2.26. The van der Waals surface area contributed by atoms with Crippen LogP contribution in [0.3, 0.4) is 0 Å². The van der Waals surface area contributed by atoms with Gasteiger partial charge in [0.25, 0.3) is 0 Å². The van der Waals surface area contributed by atoms with Gasteiger partial charge in [0, 0.05) is 25.2 Å². The minimum absolute atomic E-state index is 0.752. The Balaban J connectivity index is 1.69. The smallest absolute Gasteiger partial charge is 0.0143 e. The summed E-state index contributed by atoms with van der Waals surface area (Å²) in [4.78, 5) is 0. The second-order valence-electron chi connectivity index (χ2n) is 3.75. The molecule has 0 aromatic heterocycles. The number of nitrogens with two attached hydrogens (primary N) is 1. The molecule has 1 heterocycles. The van der Waals surface area contributed by atoms with Crippen LogP contribution in [0.1, 0.15) is 25.7 Å². The minimum atomic E-state index is 0.752. The van der Waals surface area contributed by atoms with Crippen molar-refractivity contribution in [1.29, 1.82) is 0 Å². The summed E-state index contributed by atoms with van der Waals surface area (Å²) >= 11 is 0. The summed E-state index contributed by atoms with van der Waals surface area (Å²) in [5.74, 6) is 5.65. The van der Waals surface area contributed by atoms with E-state index in [9.17, 15) is 0 Å². The highest BCUT2D eigenvalue weighted by molar-refractivity contribution is 4.86. The fourth-order valence-corrected chi connectivity index (χ4v) is 1.65. The lowest BCUT2D eigenvalue weighted by atomic mass is 10.1. The average molecular weight is 155 g/mol. The van der Waals surface area contributed by atoms with Crippen LogP contribution in [0.15, 0.2) is 0 Å². The summed E-state index contributed by atoms with van der Waals surface area (Å²) in [5, 5.41) is 5.55. The zero-order valence-corrected chi connectivity index (χ0v) is 6.92. The molecule has 0 atom stereocenters. The first kappa shape index (κ1) is 7.53. The van der Waals surface area contributed by atoms with Crippen molar-refractivity contribution >= 4 is 0 Å². The van der Waals surface area contributed by atoms with E-state index in [4.69, 9.17) is 5.84 Å². The minimum Gasteiger partial charge on any atom is -0.311 e. The van der Waals surface area contributed by atoms with Gasteiger partial charge in [-0.3, -0.25) is 5.84 Å². The molecule has 1 saturated carbocycles. The Morgan fingerprint density at radius 3 is 2.09 bits per heavy atom. The second kappa shape index (κ2) is 3.09. The number of hydrogen-bond acceptors (Lipinski definition) is 3. The highest BCUT2D eigenvalue weighted by atomic mass is 15.4. The van der Waals surface area contributed by atoms with Crippen molar-refractivity contribution in [2.45, 2.75) is 37.8 Å². The summed E-state index contributed by atoms with van der Waals surface area (Å²) < 4.78 is 0. The molecule has 3 N–H and O–H groups in total. The van der Waals surface area contributed by atoms with Crippen LogP contribution < -0.4 is 11.2 Å². The van der Waals surface area contributed by atoms with E-state index >= 15 is 0 Å². The van der Waals surface area contributed by atoms with Gasteiger partial charge in [-0.1, -0.05) is 0 Å². The molecular weight excluding hydrogens is 138 g/mol. The van der Waals surface area contributed by atoms with E-state index in [1.165, 1.54) is 25.7 Å². The Hall–Kier alpha value is -0.120. The van der Waals surface area contributed by atoms with E-state index < -0.39 is 0 Å². The van der Waals surface area contributed by atoms with Gasteiger partial charge in [-0.05, 0) is 25.7 Å². The molecule has 0 spiro atoms. The quantitative estimate of drug-likeness (QED) is 0.555. The third-order valence-corrected chi connectivity index (χ3v) is 2.58. The molecule has 3 heteroatoms. The van der Waals surface area contributed by atoms with Crippen LogP contribution in [-0.2, 0) is 0 Å². The van der Waals surface area contributed by atoms with Gasteiger partial charge < -0.3 is 5.32 Å². The first-order valence-corrected chi connectivity index (χ1v) is 4.60. The molecule has 2 aliphatic rings. The molecule has 0 amide bonds. The molecule has 11 heavy (non-hydrogen) atoms. The summed E-state index contributed by atoms with van der Waals surface area (Å²) in [5.41, 5.74) is 0. The Kier molecular flexibility index (Phi) is 2.11. The van der Waals surface area contributed by atoms with Gasteiger partial charge in [0.2, 0.25) is 0 Å². The first-order chi connectivity index (χ1) is 5.34. The standard InChI is InChI=1S/C8H17N3/c9-11-5-3-8(4-6-11)10-7-1-2-7/h7-8,10H,1-6,9H2. The lowest BCUT2D eigenvalue weighted by Gasteiger charge is -2.29. The van der Waals surface area contributed by atoms with E-state index in [0.29, 0.717) is 0 Å². The van der Waals surface area contributed by atoms with Crippen LogP contribution >= 0.6 is 0 Å². The van der Waals surface area contributed by atoms with Gasteiger partial charge >= 0.3 is 0 Å². The summed E-state index contributed by atoms with van der Waals surface area (Å²) in [7, 11) is 0. The molecule has 0 aromatic rings. The van der Waals surface area contributed by atoms with Crippen molar-refractivity contribution in [2.75, 3.05) is 13.1 Å². The fourth-order valence-electron chi connectivity index (χ4n) is 1.65. The number of hydrazine groups is 1. The molecule has 1 aliphatic heterocycles. The van der Waals surface area contributed by atoms with Crippen molar-refractivity contribution in [2.24, 2.45) is 5.84 Å². The van der Waals surface area contributed by atoms with Gasteiger partial charge in [0.1, 0.15) is 0 Å². The van der Waals surface area contributed by atoms with Crippen molar-refractivity contribution in [3.8, 4) is 0 Å². The van der Waals surface area contributed by atoms with E-state index in [0.717, 1.165) is 25.2 Å². The molecule has 1 aliphatic carbocycles. The Labute approximate surface area is 67.9 Å². The van der Waals surface area contributed by atoms with Crippen LogP contribution in [0.4, 0.5) is 0 Å². The van der Waals surface area contributed by atoms with E-state index in [2.05, 4.69) is 5.32 Å². The predicted molar refractivity (Wildman–Crippen MR) is 44.9 cm³/mol. The number of nitrogens with zero attached hydrogens (tertiary/aromatic N) is 1. The first-order valence-electron chi connectivity index (χ1n) is 4.60. The van der Waals surface area contributed by atoms with E-state index in [1.807, 2.05) is 5.01 Å². The summed E-state index contributed by atoms with van der Waals surface area (Å²) in [6.45, 7) is 2.12. The van der Waals surface area contributed by atoms with E-state index in [1.54, 1.807) is 0 Å². The molecule has 2 rings (SSSR count). The van der Waals surface area contributed by atoms with Crippen molar-refractivity contribution in [1.82, 2.24) is 10.3 Å². The van der Waals surface area contributed by atoms with Gasteiger partial charge in [0.15, 0.2) is 0 Å². The van der Waals surface area contributed by atoms with Gasteiger partial charge in [-0.2, -0.15) is 0 Å². The van der Waals surface area contributed by atoms with Crippen LogP contribution in [0.2, 0.25) is 0 Å². The topological polar surface area (TPSA) is 41.3 Å². The highest BCUT2D eigenvalue weighted by Crippen LogP contribution is 2.21. The third kappa shape index (κ3) is 2.15. The maximum Gasteiger partial charge on any atom is 0.0143 e. The lowest BCUT2D eigenvalue weighted by molar-refractivity contribution is 0.201. The van der Waals surface area contributed by atoms with Gasteiger partial charge in [-0.25, -0.2) is 5.01 Å². The molecule has 0 unspecified atom stereocenters. The largest absolute Gasteiger partial charge is 0.311 e. The summed E-state index contributed by atoms with van der Waals surface area (Å²) in [6, 6.07) is 1.60. The molecule has 0 bridgehead atoms. The molecule has 64 valence electrons. The number of hydrogen-bond donors (Lipinski definition) is 2. The molecule has 0 radical (unpaired) electrons. The third-order valence-electron chi connectivity index (χ3n) is 2.58. The zero-order chi connectivity index (χ0) is 7.68. The maximum absolute atomic E-state index is 5.65. The monoisotopic (exact) mass is 155 g/mol. The van der Waals surface area contributed by atoms with Crippen LogP contribution in [0.5, 0.6) is 0 Å². The van der Waals surface area contributed by atoms with Crippen molar-refractivity contribution < 1.29 is 0 Å². The molecule has 2 fully saturated rings. The normalized spacial score (nSPS) is 29.2. The van der Waals surface area contributed by atoms with E-state index in [-0.39, 0.29) is 0 Å². The maximum atomic E-state index is 5.65. The van der Waals surface area contributed by atoms with Crippen LogP contribution in [0, 0.1) is 0 Å². The van der Waals surface area contributed by atoms with Crippen LogP contribution in [-0.4, -0.2) is 30.2 Å².